The van der Waals surface area contributed by atoms with Gasteiger partial charge >= 0.3 is 0 Å². The van der Waals surface area contributed by atoms with Gasteiger partial charge in [0, 0.05) is 6.54 Å². The van der Waals surface area contributed by atoms with E-state index in [-0.39, 0.29) is 6.04 Å². The Bertz CT molecular complexity index is 328. The van der Waals surface area contributed by atoms with Crippen LogP contribution in [0.1, 0.15) is 63.6 Å². The Morgan fingerprint density at radius 3 is 2.88 bits per heavy atom. The van der Waals surface area contributed by atoms with Crippen molar-refractivity contribution < 1.29 is 0 Å². The van der Waals surface area contributed by atoms with Gasteiger partial charge in [-0.25, -0.2) is 0 Å². The minimum absolute atomic E-state index is 0.0557. The van der Waals surface area contributed by atoms with E-state index in [1.807, 2.05) is 10.9 Å². The lowest BCUT2D eigenvalue weighted by Gasteiger charge is -2.20. The molecule has 0 spiro atoms. The van der Waals surface area contributed by atoms with Crippen LogP contribution in [0.2, 0.25) is 0 Å². The lowest BCUT2D eigenvalue weighted by atomic mass is 9.89. The second kappa shape index (κ2) is 6.15. The third-order valence-corrected chi connectivity index (χ3v) is 3.71. The molecular weight excluding hydrogens is 212 g/mol. The summed E-state index contributed by atoms with van der Waals surface area (Å²) < 4.78 is 1.99. The Morgan fingerprint density at radius 1 is 1.41 bits per heavy atom. The predicted octanol–water partition coefficient (Wildman–Crippen LogP) is 2.66. The standard InChI is InChI=1S/C13H24N4/c1-2-6-12(14)13-10-17(16-15-13)9-11-7-4-3-5-8-11/h10-12H,2-9,14H2,1H3. The van der Waals surface area contributed by atoms with E-state index in [4.69, 9.17) is 5.73 Å². The van der Waals surface area contributed by atoms with Crippen molar-refractivity contribution in [3.63, 3.8) is 0 Å². The Balaban J connectivity index is 1.88. The lowest BCUT2D eigenvalue weighted by molar-refractivity contribution is 0.305. The van der Waals surface area contributed by atoms with E-state index >= 15 is 0 Å². The third kappa shape index (κ3) is 3.53. The van der Waals surface area contributed by atoms with Gasteiger partial charge in [-0.2, -0.15) is 0 Å². The van der Waals surface area contributed by atoms with Crippen molar-refractivity contribution in [3.05, 3.63) is 11.9 Å². The molecule has 0 amide bonds. The monoisotopic (exact) mass is 236 g/mol. The minimum atomic E-state index is 0.0557. The van der Waals surface area contributed by atoms with Crippen molar-refractivity contribution >= 4 is 0 Å². The van der Waals surface area contributed by atoms with E-state index in [1.165, 1.54) is 32.1 Å². The van der Waals surface area contributed by atoms with Crippen LogP contribution in [-0.2, 0) is 6.54 Å². The molecule has 1 aliphatic rings. The fourth-order valence-electron chi connectivity index (χ4n) is 2.67. The van der Waals surface area contributed by atoms with E-state index in [0.29, 0.717) is 0 Å². The average Bonchev–Trinajstić information content (AvgIpc) is 2.79. The van der Waals surface area contributed by atoms with Crippen molar-refractivity contribution in [1.29, 1.82) is 0 Å². The van der Waals surface area contributed by atoms with Crippen molar-refractivity contribution in [2.24, 2.45) is 11.7 Å². The molecule has 0 radical (unpaired) electrons. The molecule has 1 fully saturated rings. The summed E-state index contributed by atoms with van der Waals surface area (Å²) in [5.74, 6) is 0.792. The maximum Gasteiger partial charge on any atom is 0.0994 e. The molecule has 0 bridgehead atoms. The van der Waals surface area contributed by atoms with Crippen LogP contribution in [0.15, 0.2) is 6.20 Å². The maximum absolute atomic E-state index is 6.04. The van der Waals surface area contributed by atoms with Crippen LogP contribution >= 0.6 is 0 Å². The van der Waals surface area contributed by atoms with Gasteiger partial charge in [0.2, 0.25) is 0 Å². The topological polar surface area (TPSA) is 56.7 Å². The van der Waals surface area contributed by atoms with Crippen LogP contribution < -0.4 is 5.73 Å². The van der Waals surface area contributed by atoms with Crippen molar-refractivity contribution in [2.45, 2.75) is 64.5 Å². The van der Waals surface area contributed by atoms with Crippen LogP contribution in [0, 0.1) is 5.92 Å². The van der Waals surface area contributed by atoms with Gasteiger partial charge in [0.15, 0.2) is 0 Å². The first-order valence-electron chi connectivity index (χ1n) is 6.95. The molecule has 1 unspecified atom stereocenters. The van der Waals surface area contributed by atoms with Crippen molar-refractivity contribution in [2.75, 3.05) is 0 Å². The number of hydrogen-bond donors (Lipinski definition) is 1. The highest BCUT2D eigenvalue weighted by Gasteiger charge is 2.16. The van der Waals surface area contributed by atoms with Crippen LogP contribution in [0.5, 0.6) is 0 Å². The van der Waals surface area contributed by atoms with Crippen LogP contribution in [0.25, 0.3) is 0 Å². The summed E-state index contributed by atoms with van der Waals surface area (Å²) >= 11 is 0. The Morgan fingerprint density at radius 2 is 2.18 bits per heavy atom. The van der Waals surface area contributed by atoms with Gasteiger partial charge in [-0.05, 0) is 25.2 Å². The number of hydrogen-bond acceptors (Lipinski definition) is 3. The average molecular weight is 236 g/mol. The number of nitrogens with zero attached hydrogens (tertiary/aromatic N) is 3. The Kier molecular flexibility index (Phi) is 4.54. The maximum atomic E-state index is 6.04. The SMILES string of the molecule is CCCC(N)c1cn(CC2CCCCC2)nn1. The van der Waals surface area contributed by atoms with E-state index in [0.717, 1.165) is 31.0 Å². The van der Waals surface area contributed by atoms with Gasteiger partial charge in [0.25, 0.3) is 0 Å². The van der Waals surface area contributed by atoms with Crippen LogP contribution in [-0.4, -0.2) is 15.0 Å². The number of rotatable bonds is 5. The van der Waals surface area contributed by atoms with Gasteiger partial charge in [-0.3, -0.25) is 4.68 Å². The summed E-state index contributed by atoms with van der Waals surface area (Å²) in [6.07, 6.45) is 11.0. The van der Waals surface area contributed by atoms with Gasteiger partial charge in [-0.15, -0.1) is 5.10 Å². The van der Waals surface area contributed by atoms with E-state index in [2.05, 4.69) is 17.2 Å². The molecule has 1 heterocycles. The molecule has 0 aliphatic heterocycles. The molecule has 2 N–H and O–H groups in total. The fourth-order valence-corrected chi connectivity index (χ4v) is 2.67. The quantitative estimate of drug-likeness (QED) is 0.855. The lowest BCUT2D eigenvalue weighted by Crippen LogP contribution is -2.14. The summed E-state index contributed by atoms with van der Waals surface area (Å²) in [6, 6.07) is 0.0557. The summed E-state index contributed by atoms with van der Waals surface area (Å²) in [5.41, 5.74) is 6.98. The molecule has 0 saturated heterocycles. The molecule has 1 saturated carbocycles. The molecule has 4 nitrogen and oxygen atoms in total. The smallest absolute Gasteiger partial charge is 0.0994 e. The summed E-state index contributed by atoms with van der Waals surface area (Å²) in [5, 5.41) is 8.39. The highest BCUT2D eigenvalue weighted by Crippen LogP contribution is 2.25. The first kappa shape index (κ1) is 12.6. The zero-order chi connectivity index (χ0) is 12.1. The molecule has 1 aromatic rings. The van der Waals surface area contributed by atoms with Gasteiger partial charge in [0.1, 0.15) is 0 Å². The van der Waals surface area contributed by atoms with Crippen molar-refractivity contribution in [1.82, 2.24) is 15.0 Å². The molecule has 2 rings (SSSR count). The second-order valence-corrected chi connectivity index (χ2v) is 5.26. The molecule has 0 aromatic carbocycles. The van der Waals surface area contributed by atoms with E-state index in [9.17, 15) is 0 Å². The molecule has 1 aliphatic carbocycles. The Labute approximate surface area is 104 Å². The van der Waals surface area contributed by atoms with Gasteiger partial charge < -0.3 is 5.73 Å². The summed E-state index contributed by atoms with van der Waals surface area (Å²) in [6.45, 7) is 3.16. The minimum Gasteiger partial charge on any atom is -0.323 e. The molecule has 1 atom stereocenters. The number of nitrogens with two attached hydrogens (primary N) is 1. The Hall–Kier alpha value is -0.900. The second-order valence-electron chi connectivity index (χ2n) is 5.26. The summed E-state index contributed by atoms with van der Waals surface area (Å²) in [4.78, 5) is 0. The third-order valence-electron chi connectivity index (χ3n) is 3.71. The summed E-state index contributed by atoms with van der Waals surface area (Å²) in [7, 11) is 0. The molecule has 96 valence electrons. The molecule has 4 heteroatoms. The highest BCUT2D eigenvalue weighted by atomic mass is 15.4. The van der Waals surface area contributed by atoms with Crippen LogP contribution in [0.4, 0.5) is 0 Å². The van der Waals surface area contributed by atoms with E-state index in [1.54, 1.807) is 0 Å². The normalized spacial score (nSPS) is 19.4. The zero-order valence-corrected chi connectivity index (χ0v) is 10.8. The van der Waals surface area contributed by atoms with Gasteiger partial charge in [-0.1, -0.05) is 37.8 Å². The zero-order valence-electron chi connectivity index (χ0n) is 10.8. The largest absolute Gasteiger partial charge is 0.323 e. The molecule has 1 aromatic heterocycles. The van der Waals surface area contributed by atoms with E-state index < -0.39 is 0 Å². The highest BCUT2D eigenvalue weighted by molar-refractivity contribution is 4.99. The first-order chi connectivity index (χ1) is 8.29. The van der Waals surface area contributed by atoms with Crippen LogP contribution in [0.3, 0.4) is 0 Å². The predicted molar refractivity (Wildman–Crippen MR) is 68.4 cm³/mol. The number of aromatic nitrogens is 3. The first-order valence-corrected chi connectivity index (χ1v) is 6.95. The fraction of sp³-hybridized carbons (Fsp3) is 0.846. The molecular formula is C13H24N4. The van der Waals surface area contributed by atoms with Crippen molar-refractivity contribution in [3.8, 4) is 0 Å². The van der Waals surface area contributed by atoms with Gasteiger partial charge in [0.05, 0.1) is 17.9 Å². The molecule has 17 heavy (non-hydrogen) atoms.